The molecule has 1 heterocycles. The van der Waals surface area contributed by atoms with Gasteiger partial charge in [0.15, 0.2) is 0 Å². The molecule has 0 aromatic carbocycles. The van der Waals surface area contributed by atoms with Crippen molar-refractivity contribution in [3.63, 3.8) is 0 Å². The van der Waals surface area contributed by atoms with Crippen molar-refractivity contribution in [2.45, 2.75) is 6.42 Å². The summed E-state index contributed by atoms with van der Waals surface area (Å²) in [5.74, 6) is -0.332. The molecule has 1 aromatic rings. The molecule has 0 bridgehead atoms. The van der Waals surface area contributed by atoms with Crippen LogP contribution in [-0.4, -0.2) is 18.1 Å². The van der Waals surface area contributed by atoms with Crippen LogP contribution >= 0.6 is 27.5 Å². The summed E-state index contributed by atoms with van der Waals surface area (Å²) in [5, 5.41) is 0.327. The van der Waals surface area contributed by atoms with Crippen molar-refractivity contribution in [3.05, 3.63) is 27.5 Å². The fraction of sp³-hybridized carbons (Fsp3) is 0.250. The molecule has 13 heavy (non-hydrogen) atoms. The number of esters is 1. The maximum Gasteiger partial charge on any atom is 0.310 e. The van der Waals surface area contributed by atoms with Crippen LogP contribution in [0.2, 0.25) is 5.15 Å². The van der Waals surface area contributed by atoms with E-state index in [1.54, 1.807) is 12.3 Å². The minimum absolute atomic E-state index is 0.141. The topological polar surface area (TPSA) is 39.2 Å². The third-order valence-corrected chi connectivity index (χ3v) is 2.21. The lowest BCUT2D eigenvalue weighted by Crippen LogP contribution is -2.05. The molecule has 0 aliphatic carbocycles. The van der Waals surface area contributed by atoms with Crippen molar-refractivity contribution in [1.82, 2.24) is 4.98 Å². The van der Waals surface area contributed by atoms with Gasteiger partial charge in [-0.3, -0.25) is 4.79 Å². The molecule has 0 radical (unpaired) electrons. The van der Waals surface area contributed by atoms with Crippen molar-refractivity contribution < 1.29 is 9.53 Å². The molecule has 0 spiro atoms. The third-order valence-electron chi connectivity index (χ3n) is 1.44. The highest BCUT2D eigenvalue weighted by Gasteiger charge is 2.08. The van der Waals surface area contributed by atoms with Crippen LogP contribution in [0.4, 0.5) is 0 Å². The molecule has 70 valence electrons. The monoisotopic (exact) mass is 263 g/mol. The van der Waals surface area contributed by atoms with Gasteiger partial charge in [0.05, 0.1) is 13.5 Å². The lowest BCUT2D eigenvalue weighted by Gasteiger charge is -2.02. The SMILES string of the molecule is COC(=O)Cc1cc(Br)cnc1Cl. The standard InChI is InChI=1S/C8H7BrClNO2/c1-13-7(12)3-5-2-6(9)4-11-8(5)10/h2,4H,3H2,1H3. The van der Waals surface area contributed by atoms with E-state index < -0.39 is 0 Å². The molecule has 5 heteroatoms. The molecular weight excluding hydrogens is 257 g/mol. The number of nitrogens with zero attached hydrogens (tertiary/aromatic N) is 1. The van der Waals surface area contributed by atoms with Crippen LogP contribution in [0.5, 0.6) is 0 Å². The third kappa shape index (κ3) is 2.97. The van der Waals surface area contributed by atoms with Crippen LogP contribution in [0.15, 0.2) is 16.7 Å². The Labute approximate surface area is 89.2 Å². The first-order chi connectivity index (χ1) is 6.13. The molecule has 0 atom stereocenters. The highest BCUT2D eigenvalue weighted by atomic mass is 79.9. The van der Waals surface area contributed by atoms with E-state index in [1.165, 1.54) is 7.11 Å². The van der Waals surface area contributed by atoms with E-state index in [0.717, 1.165) is 4.47 Å². The summed E-state index contributed by atoms with van der Waals surface area (Å²) in [5.41, 5.74) is 0.655. The van der Waals surface area contributed by atoms with Crippen molar-refractivity contribution in [2.75, 3.05) is 7.11 Å². The summed E-state index contributed by atoms with van der Waals surface area (Å²) < 4.78 is 5.30. The second-order valence-electron chi connectivity index (χ2n) is 2.36. The molecule has 0 aliphatic rings. The summed E-state index contributed by atoms with van der Waals surface area (Å²) in [6.45, 7) is 0. The van der Waals surface area contributed by atoms with Crippen LogP contribution in [0.3, 0.4) is 0 Å². The Kier molecular flexibility index (Phi) is 3.69. The average molecular weight is 265 g/mol. The number of carbonyl (C=O) groups is 1. The summed E-state index contributed by atoms with van der Waals surface area (Å²) in [6, 6.07) is 1.74. The maximum absolute atomic E-state index is 10.9. The Bertz CT molecular complexity index is 330. The van der Waals surface area contributed by atoms with E-state index in [-0.39, 0.29) is 12.4 Å². The molecule has 3 nitrogen and oxygen atoms in total. The van der Waals surface area contributed by atoms with Gasteiger partial charge in [0.1, 0.15) is 5.15 Å². The lowest BCUT2D eigenvalue weighted by molar-refractivity contribution is -0.139. The number of methoxy groups -OCH3 is 1. The second kappa shape index (κ2) is 4.58. The molecule has 1 aromatic heterocycles. The number of hydrogen-bond donors (Lipinski definition) is 0. The van der Waals surface area contributed by atoms with Gasteiger partial charge in [-0.2, -0.15) is 0 Å². The second-order valence-corrected chi connectivity index (χ2v) is 3.63. The van der Waals surface area contributed by atoms with Crippen molar-refractivity contribution in [2.24, 2.45) is 0 Å². The van der Waals surface area contributed by atoms with Gasteiger partial charge in [0.25, 0.3) is 0 Å². The van der Waals surface area contributed by atoms with E-state index in [4.69, 9.17) is 11.6 Å². The van der Waals surface area contributed by atoms with Crippen molar-refractivity contribution in [3.8, 4) is 0 Å². The molecule has 0 saturated heterocycles. The number of rotatable bonds is 2. The maximum atomic E-state index is 10.9. The van der Waals surface area contributed by atoms with Crippen molar-refractivity contribution in [1.29, 1.82) is 0 Å². The first-order valence-corrected chi connectivity index (χ1v) is 4.67. The molecule has 0 saturated carbocycles. The Morgan fingerprint density at radius 3 is 3.08 bits per heavy atom. The number of aromatic nitrogens is 1. The van der Waals surface area contributed by atoms with Gasteiger partial charge in [-0.15, -0.1) is 0 Å². The first kappa shape index (κ1) is 10.5. The van der Waals surface area contributed by atoms with Crippen LogP contribution in [0.25, 0.3) is 0 Å². The Morgan fingerprint density at radius 1 is 1.77 bits per heavy atom. The minimum Gasteiger partial charge on any atom is -0.469 e. The number of carbonyl (C=O) groups excluding carboxylic acids is 1. The Balaban J connectivity index is 2.87. The van der Waals surface area contributed by atoms with Crippen LogP contribution in [0.1, 0.15) is 5.56 Å². The van der Waals surface area contributed by atoms with E-state index in [9.17, 15) is 4.79 Å². The molecule has 0 aliphatic heterocycles. The van der Waals surface area contributed by atoms with Gasteiger partial charge in [0.2, 0.25) is 0 Å². The smallest absolute Gasteiger partial charge is 0.310 e. The lowest BCUT2D eigenvalue weighted by atomic mass is 10.2. The van der Waals surface area contributed by atoms with Gasteiger partial charge in [-0.05, 0) is 22.0 Å². The summed E-state index contributed by atoms with van der Waals surface area (Å²) >= 11 is 8.99. The zero-order valence-corrected chi connectivity index (χ0v) is 9.22. The Morgan fingerprint density at radius 2 is 2.46 bits per heavy atom. The number of pyridine rings is 1. The summed E-state index contributed by atoms with van der Waals surface area (Å²) in [4.78, 5) is 14.8. The molecular formula is C8H7BrClNO2. The van der Waals surface area contributed by atoms with E-state index in [1.807, 2.05) is 0 Å². The van der Waals surface area contributed by atoms with Gasteiger partial charge < -0.3 is 4.74 Å². The number of halogens is 2. The van der Waals surface area contributed by atoms with E-state index in [2.05, 4.69) is 25.7 Å². The van der Waals surface area contributed by atoms with Gasteiger partial charge >= 0.3 is 5.97 Å². The predicted octanol–water partition coefficient (Wildman–Crippen LogP) is 2.21. The van der Waals surface area contributed by atoms with E-state index >= 15 is 0 Å². The zero-order chi connectivity index (χ0) is 9.84. The Hall–Kier alpha value is -0.610. The van der Waals surface area contributed by atoms with Crippen LogP contribution < -0.4 is 0 Å². The molecule has 1 rings (SSSR count). The molecule has 0 N–H and O–H groups in total. The van der Waals surface area contributed by atoms with Crippen LogP contribution in [-0.2, 0) is 16.0 Å². The average Bonchev–Trinajstić information content (AvgIpc) is 2.11. The van der Waals surface area contributed by atoms with E-state index in [0.29, 0.717) is 10.7 Å². The highest BCUT2D eigenvalue weighted by Crippen LogP contribution is 2.18. The fourth-order valence-electron chi connectivity index (χ4n) is 0.816. The summed E-state index contributed by atoms with van der Waals surface area (Å²) in [7, 11) is 1.33. The summed E-state index contributed by atoms with van der Waals surface area (Å²) in [6.07, 6.45) is 1.71. The predicted molar refractivity (Wildman–Crippen MR) is 52.7 cm³/mol. The van der Waals surface area contributed by atoms with Crippen LogP contribution in [0, 0.1) is 0 Å². The number of ether oxygens (including phenoxy) is 1. The minimum atomic E-state index is -0.332. The molecule has 0 unspecified atom stereocenters. The fourth-order valence-corrected chi connectivity index (χ4v) is 1.37. The molecule has 0 amide bonds. The van der Waals surface area contributed by atoms with Crippen molar-refractivity contribution >= 4 is 33.5 Å². The molecule has 0 fully saturated rings. The number of hydrogen-bond acceptors (Lipinski definition) is 3. The normalized spacial score (nSPS) is 9.77. The van der Waals surface area contributed by atoms with Gasteiger partial charge in [-0.1, -0.05) is 11.6 Å². The first-order valence-electron chi connectivity index (χ1n) is 3.50. The quantitative estimate of drug-likeness (QED) is 0.607. The highest BCUT2D eigenvalue weighted by molar-refractivity contribution is 9.10. The van der Waals surface area contributed by atoms with Gasteiger partial charge in [0, 0.05) is 16.2 Å². The largest absolute Gasteiger partial charge is 0.469 e. The zero-order valence-electron chi connectivity index (χ0n) is 6.88. The van der Waals surface area contributed by atoms with Gasteiger partial charge in [-0.25, -0.2) is 4.98 Å².